The summed E-state index contributed by atoms with van der Waals surface area (Å²) in [6.07, 6.45) is 0.211. The highest BCUT2D eigenvalue weighted by Crippen LogP contribution is 2.35. The summed E-state index contributed by atoms with van der Waals surface area (Å²) >= 11 is 0. The van der Waals surface area contributed by atoms with Crippen molar-refractivity contribution in [1.82, 2.24) is 10.6 Å². The van der Waals surface area contributed by atoms with Crippen LogP contribution < -0.4 is 25.0 Å². The molecule has 2 N–H and O–H groups in total. The van der Waals surface area contributed by atoms with E-state index in [4.69, 9.17) is 9.47 Å². The molecular formula is C17H26ClN3O4. The Hall–Kier alpha value is -1.99. The van der Waals surface area contributed by atoms with Crippen LogP contribution in [-0.4, -0.2) is 52.2 Å². The number of hydrogen-bond donors (Lipinski definition) is 2. The number of benzene rings is 1. The molecule has 0 aromatic heterocycles. The maximum atomic E-state index is 12.3. The predicted octanol–water partition coefficient (Wildman–Crippen LogP) is 1.20. The van der Waals surface area contributed by atoms with Gasteiger partial charge in [0.15, 0.2) is 0 Å². The van der Waals surface area contributed by atoms with Gasteiger partial charge in [0.2, 0.25) is 11.8 Å². The van der Waals surface area contributed by atoms with Crippen LogP contribution in [0.15, 0.2) is 18.2 Å². The number of nitrogens with one attached hydrogen (secondary N) is 2. The summed E-state index contributed by atoms with van der Waals surface area (Å²) in [6.45, 7) is 4.51. The van der Waals surface area contributed by atoms with Crippen molar-refractivity contribution < 1.29 is 19.1 Å². The maximum absolute atomic E-state index is 12.3. The van der Waals surface area contributed by atoms with Crippen LogP contribution in [0.4, 0.5) is 5.69 Å². The van der Waals surface area contributed by atoms with Gasteiger partial charge in [-0.2, -0.15) is 0 Å². The van der Waals surface area contributed by atoms with Crippen molar-refractivity contribution in [1.29, 1.82) is 0 Å². The minimum atomic E-state index is -0.342. The van der Waals surface area contributed by atoms with Crippen molar-refractivity contribution in [3.63, 3.8) is 0 Å². The highest BCUT2D eigenvalue weighted by molar-refractivity contribution is 6.01. The Labute approximate surface area is 154 Å². The molecule has 0 aliphatic carbocycles. The Balaban J connectivity index is 0.00000312. The van der Waals surface area contributed by atoms with Gasteiger partial charge in [-0.15, -0.1) is 12.4 Å². The lowest BCUT2D eigenvalue weighted by Crippen LogP contribution is -2.37. The average Bonchev–Trinajstić information content (AvgIpc) is 2.99. The predicted molar refractivity (Wildman–Crippen MR) is 98.8 cm³/mol. The molecule has 8 heteroatoms. The van der Waals surface area contributed by atoms with Crippen molar-refractivity contribution in [3.05, 3.63) is 18.2 Å². The summed E-state index contributed by atoms with van der Waals surface area (Å²) in [5.41, 5.74) is 0.659. The van der Waals surface area contributed by atoms with Crippen LogP contribution in [0.3, 0.4) is 0 Å². The number of halogens is 1. The summed E-state index contributed by atoms with van der Waals surface area (Å²) < 4.78 is 10.5. The van der Waals surface area contributed by atoms with Gasteiger partial charge in [-0.25, -0.2) is 0 Å². The fourth-order valence-corrected chi connectivity index (χ4v) is 2.72. The molecular weight excluding hydrogens is 346 g/mol. The van der Waals surface area contributed by atoms with Crippen molar-refractivity contribution >= 4 is 29.9 Å². The molecule has 2 amide bonds. The van der Waals surface area contributed by atoms with E-state index < -0.39 is 0 Å². The Morgan fingerprint density at radius 3 is 2.68 bits per heavy atom. The van der Waals surface area contributed by atoms with E-state index in [0.717, 1.165) is 13.1 Å². The molecule has 140 valence electrons. The number of amides is 2. The third-order valence-corrected chi connectivity index (χ3v) is 4.02. The third kappa shape index (κ3) is 5.24. The molecule has 1 fully saturated rings. The monoisotopic (exact) mass is 371 g/mol. The first-order valence-corrected chi connectivity index (χ1v) is 8.11. The first kappa shape index (κ1) is 21.1. The van der Waals surface area contributed by atoms with Crippen LogP contribution >= 0.6 is 12.4 Å². The van der Waals surface area contributed by atoms with E-state index >= 15 is 0 Å². The fourth-order valence-electron chi connectivity index (χ4n) is 2.72. The molecule has 1 aromatic rings. The summed E-state index contributed by atoms with van der Waals surface area (Å²) in [4.78, 5) is 26.2. The van der Waals surface area contributed by atoms with Crippen LogP contribution in [0, 0.1) is 5.92 Å². The Kier molecular flexibility index (Phi) is 8.51. The van der Waals surface area contributed by atoms with Gasteiger partial charge in [0.1, 0.15) is 11.5 Å². The van der Waals surface area contributed by atoms with Crippen molar-refractivity contribution in [2.24, 2.45) is 5.92 Å². The second kappa shape index (κ2) is 10.1. The van der Waals surface area contributed by atoms with Gasteiger partial charge < -0.3 is 25.0 Å². The number of nitrogens with zero attached hydrogens (tertiary/aromatic N) is 1. The molecule has 0 radical (unpaired) electrons. The number of carbonyl (C=O) groups excluding carboxylic acids is 2. The van der Waals surface area contributed by atoms with Crippen molar-refractivity contribution in [2.45, 2.75) is 13.3 Å². The Bertz CT molecular complexity index is 597. The summed E-state index contributed by atoms with van der Waals surface area (Å²) in [7, 11) is 3.12. The van der Waals surface area contributed by atoms with E-state index in [1.165, 1.54) is 0 Å². The lowest BCUT2D eigenvalue weighted by Gasteiger charge is -2.20. The van der Waals surface area contributed by atoms with E-state index in [0.29, 0.717) is 30.3 Å². The van der Waals surface area contributed by atoms with Crippen molar-refractivity contribution in [3.8, 4) is 11.5 Å². The molecule has 25 heavy (non-hydrogen) atoms. The fraction of sp³-hybridized carbons (Fsp3) is 0.529. The Morgan fingerprint density at radius 1 is 1.28 bits per heavy atom. The molecule has 1 aliphatic heterocycles. The number of rotatable bonds is 8. The molecule has 1 unspecified atom stereocenters. The highest BCUT2D eigenvalue weighted by Gasteiger charge is 2.36. The molecule has 2 rings (SSSR count). The molecule has 1 atom stereocenters. The number of carbonyl (C=O) groups is 2. The van der Waals surface area contributed by atoms with Gasteiger partial charge in [-0.1, -0.05) is 6.92 Å². The Morgan fingerprint density at radius 2 is 2.04 bits per heavy atom. The van der Waals surface area contributed by atoms with Crippen LogP contribution in [0.25, 0.3) is 0 Å². The van der Waals surface area contributed by atoms with E-state index in [1.54, 1.807) is 37.3 Å². The molecule has 1 aromatic carbocycles. The van der Waals surface area contributed by atoms with Gasteiger partial charge in [0.05, 0.1) is 25.8 Å². The van der Waals surface area contributed by atoms with E-state index in [9.17, 15) is 9.59 Å². The molecule has 1 saturated heterocycles. The average molecular weight is 372 g/mol. The summed E-state index contributed by atoms with van der Waals surface area (Å²) in [6, 6.07) is 5.28. The van der Waals surface area contributed by atoms with Crippen LogP contribution in [-0.2, 0) is 9.59 Å². The molecule has 1 aliphatic rings. The maximum Gasteiger partial charge on any atom is 0.227 e. The zero-order valence-electron chi connectivity index (χ0n) is 14.8. The van der Waals surface area contributed by atoms with Gasteiger partial charge in [-0.3, -0.25) is 9.59 Å². The number of anilines is 1. The third-order valence-electron chi connectivity index (χ3n) is 4.02. The zero-order chi connectivity index (χ0) is 17.5. The molecule has 0 saturated carbocycles. The second-order valence-electron chi connectivity index (χ2n) is 5.59. The van der Waals surface area contributed by atoms with Crippen LogP contribution in [0.2, 0.25) is 0 Å². The lowest BCUT2D eigenvalue weighted by molar-refractivity contribution is -0.126. The first-order chi connectivity index (χ1) is 11.6. The number of ether oxygens (including phenoxy) is 2. The number of methoxy groups -OCH3 is 2. The zero-order valence-corrected chi connectivity index (χ0v) is 15.6. The quantitative estimate of drug-likeness (QED) is 0.671. The summed E-state index contributed by atoms with van der Waals surface area (Å²) in [5.74, 6) is 0.698. The van der Waals surface area contributed by atoms with E-state index in [2.05, 4.69) is 10.6 Å². The van der Waals surface area contributed by atoms with Crippen LogP contribution in [0.5, 0.6) is 11.5 Å². The molecule has 0 bridgehead atoms. The SMILES string of the molecule is CCNCCNC(=O)C1CC(=O)N(c2ccc(OC)cc2OC)C1.Cl. The lowest BCUT2D eigenvalue weighted by atomic mass is 10.1. The van der Waals surface area contributed by atoms with Gasteiger partial charge >= 0.3 is 0 Å². The first-order valence-electron chi connectivity index (χ1n) is 8.11. The van der Waals surface area contributed by atoms with Crippen molar-refractivity contribution in [2.75, 3.05) is 45.3 Å². The number of likely N-dealkylation sites (N-methyl/N-ethyl adjacent to an activating group) is 1. The van der Waals surface area contributed by atoms with Gasteiger partial charge in [-0.05, 0) is 18.7 Å². The standard InChI is InChI=1S/C17H25N3O4.ClH/c1-4-18-7-8-19-17(22)12-9-16(21)20(11-12)14-6-5-13(23-2)10-15(14)24-3;/h5-6,10,12,18H,4,7-9,11H2,1-3H3,(H,19,22);1H. The minimum absolute atomic E-state index is 0. The largest absolute Gasteiger partial charge is 0.497 e. The van der Waals surface area contributed by atoms with Crippen LogP contribution in [0.1, 0.15) is 13.3 Å². The van der Waals surface area contributed by atoms with Gasteiger partial charge in [0.25, 0.3) is 0 Å². The summed E-state index contributed by atoms with van der Waals surface area (Å²) in [5, 5.41) is 6.01. The highest BCUT2D eigenvalue weighted by atomic mass is 35.5. The minimum Gasteiger partial charge on any atom is -0.497 e. The molecule has 7 nitrogen and oxygen atoms in total. The topological polar surface area (TPSA) is 79.9 Å². The molecule has 1 heterocycles. The van der Waals surface area contributed by atoms with E-state index in [1.807, 2.05) is 6.92 Å². The van der Waals surface area contributed by atoms with Gasteiger partial charge in [0, 0.05) is 32.1 Å². The second-order valence-corrected chi connectivity index (χ2v) is 5.59. The van der Waals surface area contributed by atoms with E-state index in [-0.39, 0.29) is 36.6 Å². The normalized spacial score (nSPS) is 16.4. The molecule has 0 spiro atoms. The number of hydrogen-bond acceptors (Lipinski definition) is 5. The smallest absolute Gasteiger partial charge is 0.227 e.